The number of aromatic nitrogens is 3. The first-order chi connectivity index (χ1) is 15.5. The van der Waals surface area contributed by atoms with E-state index in [9.17, 15) is 0 Å². The number of para-hydroxylation sites is 2. The summed E-state index contributed by atoms with van der Waals surface area (Å²) in [7, 11) is 3.48. The second kappa shape index (κ2) is 8.31. The van der Waals surface area contributed by atoms with Crippen molar-refractivity contribution in [2.24, 2.45) is 7.05 Å². The number of nitrogens with zero attached hydrogens (tertiary/aromatic N) is 3. The van der Waals surface area contributed by atoms with E-state index in [4.69, 9.17) is 21.1 Å². The molecule has 4 aromatic rings. The van der Waals surface area contributed by atoms with E-state index in [1.165, 1.54) is 6.07 Å². The fourth-order valence-electron chi connectivity index (χ4n) is 4.16. The molecule has 0 aliphatic carbocycles. The highest BCUT2D eigenvalue weighted by molar-refractivity contribution is 6.30. The molecule has 1 atom stereocenters. The number of fused-ring (bicyclic) bond motifs is 2. The first-order valence-corrected chi connectivity index (χ1v) is 10.7. The lowest BCUT2D eigenvalue weighted by atomic mass is 9.94. The molecule has 0 fully saturated rings. The third kappa shape index (κ3) is 3.73. The number of halogens is 2. The quantitative estimate of drug-likeness (QED) is 0.441. The second-order valence-corrected chi connectivity index (χ2v) is 8.27. The van der Waals surface area contributed by atoms with Crippen molar-refractivity contribution < 1.29 is 13.9 Å². The molecular formula is C24H22ClFN4O2. The Balaban J connectivity index is 1.37. The van der Waals surface area contributed by atoms with Gasteiger partial charge in [0.05, 0.1) is 23.2 Å². The van der Waals surface area contributed by atoms with Gasteiger partial charge >= 0.3 is 0 Å². The number of ether oxygens (including phenoxy) is 2. The number of imidazole rings is 1. The summed E-state index contributed by atoms with van der Waals surface area (Å²) in [6, 6.07) is 12.8. The number of pyridine rings is 1. The molecule has 164 valence electrons. The lowest BCUT2D eigenvalue weighted by molar-refractivity contribution is 0.272. The Morgan fingerprint density at radius 1 is 1.22 bits per heavy atom. The first-order valence-electron chi connectivity index (χ1n) is 10.3. The number of nitrogens with one attached hydrogen (secondary N) is 1. The highest BCUT2D eigenvalue weighted by Crippen LogP contribution is 2.37. The number of methoxy groups -OCH3 is 1. The third-order valence-electron chi connectivity index (χ3n) is 5.88. The molecule has 32 heavy (non-hydrogen) atoms. The number of hydrogen-bond donors (Lipinski definition) is 1. The maximum absolute atomic E-state index is 15.0. The molecule has 0 saturated heterocycles. The van der Waals surface area contributed by atoms with Crippen LogP contribution in [0.15, 0.2) is 48.7 Å². The van der Waals surface area contributed by atoms with Crippen LogP contribution in [-0.2, 0) is 20.1 Å². The van der Waals surface area contributed by atoms with Crippen LogP contribution in [0, 0.1) is 5.82 Å². The van der Waals surface area contributed by atoms with Crippen molar-refractivity contribution in [1.29, 1.82) is 0 Å². The van der Waals surface area contributed by atoms with Crippen LogP contribution in [0.1, 0.15) is 22.9 Å². The van der Waals surface area contributed by atoms with E-state index in [-0.39, 0.29) is 18.3 Å². The molecule has 0 radical (unpaired) electrons. The molecule has 1 aliphatic rings. The van der Waals surface area contributed by atoms with Crippen LogP contribution in [0.4, 0.5) is 10.2 Å². The molecule has 0 amide bonds. The Labute approximate surface area is 190 Å². The Morgan fingerprint density at radius 2 is 2.06 bits per heavy atom. The zero-order chi connectivity index (χ0) is 22.2. The number of aryl methyl sites for hydroxylation is 1. The fourth-order valence-corrected chi connectivity index (χ4v) is 4.33. The SMILES string of the molecule is COc1cc(CC2CNc3ncc(Cl)cc32)c(F)cc1OCc1nc2ccccc2n1C. The average molecular weight is 453 g/mol. The molecule has 1 N–H and O–H groups in total. The summed E-state index contributed by atoms with van der Waals surface area (Å²) in [5, 5.41) is 3.82. The van der Waals surface area contributed by atoms with Gasteiger partial charge in [-0.2, -0.15) is 0 Å². The predicted octanol–water partition coefficient (Wildman–Crippen LogP) is 5.10. The van der Waals surface area contributed by atoms with E-state index in [2.05, 4.69) is 15.3 Å². The van der Waals surface area contributed by atoms with Crippen LogP contribution in [0.5, 0.6) is 11.5 Å². The minimum absolute atomic E-state index is 0.0715. The van der Waals surface area contributed by atoms with Gasteiger partial charge in [-0.15, -0.1) is 0 Å². The van der Waals surface area contributed by atoms with Gasteiger partial charge in [0.25, 0.3) is 0 Å². The topological polar surface area (TPSA) is 61.2 Å². The van der Waals surface area contributed by atoms with E-state index in [0.29, 0.717) is 35.1 Å². The zero-order valence-electron chi connectivity index (χ0n) is 17.7. The normalized spacial score (nSPS) is 14.9. The Morgan fingerprint density at radius 3 is 2.88 bits per heavy atom. The second-order valence-electron chi connectivity index (χ2n) is 7.83. The summed E-state index contributed by atoms with van der Waals surface area (Å²) < 4.78 is 28.4. The summed E-state index contributed by atoms with van der Waals surface area (Å²) in [6.07, 6.45) is 2.10. The molecule has 0 saturated carbocycles. The highest BCUT2D eigenvalue weighted by atomic mass is 35.5. The minimum Gasteiger partial charge on any atom is -0.493 e. The lowest BCUT2D eigenvalue weighted by Gasteiger charge is -2.15. The van der Waals surface area contributed by atoms with Crippen molar-refractivity contribution >= 4 is 28.5 Å². The molecule has 2 aromatic heterocycles. The molecule has 2 aromatic carbocycles. The predicted molar refractivity (Wildman–Crippen MR) is 122 cm³/mol. The molecule has 8 heteroatoms. The van der Waals surface area contributed by atoms with Gasteiger partial charge in [-0.25, -0.2) is 14.4 Å². The largest absolute Gasteiger partial charge is 0.493 e. The van der Waals surface area contributed by atoms with Gasteiger partial charge in [-0.05, 0) is 36.2 Å². The average Bonchev–Trinajstić information content (AvgIpc) is 3.34. The van der Waals surface area contributed by atoms with Crippen LogP contribution in [0.3, 0.4) is 0 Å². The molecule has 1 aliphatic heterocycles. The highest BCUT2D eigenvalue weighted by Gasteiger charge is 2.26. The van der Waals surface area contributed by atoms with Crippen molar-refractivity contribution in [2.75, 3.05) is 19.0 Å². The van der Waals surface area contributed by atoms with E-state index in [0.717, 1.165) is 28.2 Å². The van der Waals surface area contributed by atoms with E-state index in [1.54, 1.807) is 19.4 Å². The van der Waals surface area contributed by atoms with Crippen molar-refractivity contribution in [3.05, 3.63) is 76.5 Å². The Bertz CT molecular complexity index is 1310. The number of rotatable bonds is 6. The summed E-state index contributed by atoms with van der Waals surface area (Å²) in [5.41, 5.74) is 3.45. The smallest absolute Gasteiger partial charge is 0.164 e. The Kier molecular flexibility index (Phi) is 5.35. The van der Waals surface area contributed by atoms with Crippen LogP contribution < -0.4 is 14.8 Å². The van der Waals surface area contributed by atoms with Crippen LogP contribution >= 0.6 is 11.6 Å². The van der Waals surface area contributed by atoms with Crippen molar-refractivity contribution in [1.82, 2.24) is 14.5 Å². The van der Waals surface area contributed by atoms with Crippen LogP contribution in [0.25, 0.3) is 11.0 Å². The molecule has 0 spiro atoms. The first kappa shape index (κ1) is 20.6. The third-order valence-corrected chi connectivity index (χ3v) is 6.08. The summed E-state index contributed by atoms with van der Waals surface area (Å²) in [4.78, 5) is 8.91. The summed E-state index contributed by atoms with van der Waals surface area (Å²) >= 11 is 6.11. The maximum atomic E-state index is 15.0. The van der Waals surface area contributed by atoms with Crippen molar-refractivity contribution in [3.63, 3.8) is 0 Å². The lowest BCUT2D eigenvalue weighted by Crippen LogP contribution is -2.08. The van der Waals surface area contributed by atoms with Gasteiger partial charge in [-0.3, -0.25) is 0 Å². The minimum atomic E-state index is -0.339. The Hall–Kier alpha value is -3.32. The van der Waals surface area contributed by atoms with Crippen LogP contribution in [0.2, 0.25) is 5.02 Å². The molecule has 6 nitrogen and oxygen atoms in total. The summed E-state index contributed by atoms with van der Waals surface area (Å²) in [6.45, 7) is 0.875. The van der Waals surface area contributed by atoms with E-state index < -0.39 is 0 Å². The molecular weight excluding hydrogens is 431 g/mol. The van der Waals surface area contributed by atoms with Crippen molar-refractivity contribution in [3.8, 4) is 11.5 Å². The number of hydrogen-bond acceptors (Lipinski definition) is 5. The van der Waals surface area contributed by atoms with Crippen LogP contribution in [-0.4, -0.2) is 28.2 Å². The standard InChI is InChI=1S/C24H22ClFN4O2/c1-30-20-6-4-3-5-19(20)29-23(30)13-32-22-10-18(26)14(8-21(22)31-2)7-15-11-27-24-17(15)9-16(25)12-28-24/h3-6,8-10,12,15H,7,11,13H2,1-2H3,(H,27,28). The van der Waals surface area contributed by atoms with Gasteiger partial charge in [0, 0.05) is 37.3 Å². The van der Waals surface area contributed by atoms with E-state index in [1.807, 2.05) is 41.9 Å². The maximum Gasteiger partial charge on any atom is 0.164 e. The van der Waals surface area contributed by atoms with Crippen molar-refractivity contribution in [2.45, 2.75) is 18.9 Å². The monoisotopic (exact) mass is 452 g/mol. The van der Waals surface area contributed by atoms with E-state index >= 15 is 4.39 Å². The summed E-state index contributed by atoms with van der Waals surface area (Å²) in [5.74, 6) is 2.10. The van der Waals surface area contributed by atoms with Gasteiger partial charge in [0.15, 0.2) is 11.5 Å². The van der Waals surface area contributed by atoms with Gasteiger partial charge < -0.3 is 19.4 Å². The fraction of sp³-hybridized carbons (Fsp3) is 0.250. The molecule has 1 unspecified atom stereocenters. The van der Waals surface area contributed by atoms with Gasteiger partial charge in [-0.1, -0.05) is 23.7 Å². The molecule has 5 rings (SSSR count). The molecule has 0 bridgehead atoms. The number of anilines is 1. The van der Waals surface area contributed by atoms with Gasteiger partial charge in [0.2, 0.25) is 0 Å². The van der Waals surface area contributed by atoms with Gasteiger partial charge in [0.1, 0.15) is 24.1 Å². The zero-order valence-corrected chi connectivity index (χ0v) is 18.5. The number of benzene rings is 2. The molecule has 3 heterocycles.